The van der Waals surface area contributed by atoms with Crippen LogP contribution in [0.1, 0.15) is 6.92 Å². The lowest BCUT2D eigenvalue weighted by atomic mass is 10.1. The fourth-order valence-electron chi connectivity index (χ4n) is 1.54. The molecule has 1 aromatic carbocycles. The number of fused-ring (bicyclic) bond motifs is 1. The Morgan fingerprint density at radius 1 is 1.47 bits per heavy atom. The van der Waals surface area contributed by atoms with Crippen molar-refractivity contribution in [1.29, 1.82) is 0 Å². The Labute approximate surface area is 97.1 Å². The number of nitrogens with one attached hydrogen (secondary N) is 1. The van der Waals surface area contributed by atoms with Gasteiger partial charge in [-0.25, -0.2) is 4.39 Å². The zero-order valence-electron chi connectivity index (χ0n) is 9.14. The van der Waals surface area contributed by atoms with Gasteiger partial charge in [-0.15, -0.1) is 0 Å². The molecule has 0 spiro atoms. The first-order valence-electron chi connectivity index (χ1n) is 5.11. The van der Waals surface area contributed by atoms with Crippen LogP contribution in [0, 0.1) is 5.82 Å². The summed E-state index contributed by atoms with van der Waals surface area (Å²) in [5, 5.41) is 12.4. The van der Waals surface area contributed by atoms with Gasteiger partial charge in [0.1, 0.15) is 11.9 Å². The second kappa shape index (κ2) is 4.37. The van der Waals surface area contributed by atoms with Gasteiger partial charge in [-0.2, -0.15) is 0 Å². The van der Waals surface area contributed by atoms with Crippen molar-refractivity contribution in [1.82, 2.24) is 4.98 Å². The Hall–Kier alpha value is -2.17. The van der Waals surface area contributed by atoms with E-state index < -0.39 is 12.0 Å². The zero-order chi connectivity index (χ0) is 12.4. The van der Waals surface area contributed by atoms with Gasteiger partial charge in [0.15, 0.2) is 0 Å². The molecule has 88 valence electrons. The number of carbonyl (C=O) groups is 1. The molecule has 0 aliphatic rings. The van der Waals surface area contributed by atoms with Crippen molar-refractivity contribution in [3.63, 3.8) is 0 Å². The monoisotopic (exact) mass is 234 g/mol. The fraction of sp³-hybridized carbons (Fsp3) is 0.167. The van der Waals surface area contributed by atoms with Gasteiger partial charge in [0.25, 0.3) is 0 Å². The summed E-state index contributed by atoms with van der Waals surface area (Å²) in [4.78, 5) is 14.8. The van der Waals surface area contributed by atoms with Crippen LogP contribution in [-0.2, 0) is 4.79 Å². The molecule has 0 saturated heterocycles. The third kappa shape index (κ3) is 2.33. The van der Waals surface area contributed by atoms with Crippen molar-refractivity contribution < 1.29 is 14.3 Å². The van der Waals surface area contributed by atoms with Crippen LogP contribution in [0.2, 0.25) is 0 Å². The molecular weight excluding hydrogens is 223 g/mol. The summed E-state index contributed by atoms with van der Waals surface area (Å²) in [5.41, 5.74) is 1.12. The maximum Gasteiger partial charge on any atom is 0.325 e. The number of hydrogen-bond donors (Lipinski definition) is 2. The summed E-state index contributed by atoms with van der Waals surface area (Å²) >= 11 is 0. The van der Waals surface area contributed by atoms with Crippen molar-refractivity contribution in [2.75, 3.05) is 5.32 Å². The summed E-state index contributed by atoms with van der Waals surface area (Å²) in [7, 11) is 0. The van der Waals surface area contributed by atoms with E-state index >= 15 is 0 Å². The summed E-state index contributed by atoms with van der Waals surface area (Å²) in [5.74, 6) is -1.31. The van der Waals surface area contributed by atoms with Gasteiger partial charge < -0.3 is 10.4 Å². The highest BCUT2D eigenvalue weighted by molar-refractivity contribution is 5.92. The second-order valence-electron chi connectivity index (χ2n) is 3.72. The van der Waals surface area contributed by atoms with Crippen LogP contribution in [0.3, 0.4) is 0 Å². The first kappa shape index (κ1) is 11.3. The molecule has 1 heterocycles. The molecule has 1 aromatic heterocycles. The number of aromatic nitrogens is 1. The molecule has 0 aliphatic carbocycles. The Bertz CT molecular complexity index is 571. The van der Waals surface area contributed by atoms with Crippen molar-refractivity contribution in [2.45, 2.75) is 13.0 Å². The van der Waals surface area contributed by atoms with Gasteiger partial charge in [0, 0.05) is 23.3 Å². The lowest BCUT2D eigenvalue weighted by Crippen LogP contribution is -2.25. The van der Waals surface area contributed by atoms with E-state index in [0.717, 1.165) is 0 Å². The predicted octanol–water partition coefficient (Wildman–Crippen LogP) is 2.26. The van der Waals surface area contributed by atoms with Gasteiger partial charge in [-0.1, -0.05) is 0 Å². The molecule has 5 heteroatoms. The van der Waals surface area contributed by atoms with Crippen molar-refractivity contribution in [2.24, 2.45) is 0 Å². The number of nitrogens with zero attached hydrogens (tertiary/aromatic N) is 1. The van der Waals surface area contributed by atoms with Crippen LogP contribution in [0.5, 0.6) is 0 Å². The first-order chi connectivity index (χ1) is 8.08. The number of hydrogen-bond acceptors (Lipinski definition) is 3. The fourth-order valence-corrected chi connectivity index (χ4v) is 1.54. The Morgan fingerprint density at radius 2 is 2.24 bits per heavy atom. The molecule has 17 heavy (non-hydrogen) atoms. The molecule has 2 aromatic rings. The van der Waals surface area contributed by atoms with Crippen molar-refractivity contribution in [3.05, 3.63) is 36.3 Å². The molecule has 2 N–H and O–H groups in total. The average molecular weight is 234 g/mol. The van der Waals surface area contributed by atoms with E-state index in [9.17, 15) is 9.18 Å². The normalized spacial score (nSPS) is 12.4. The average Bonchev–Trinajstić information content (AvgIpc) is 2.28. The molecule has 2 rings (SSSR count). The molecule has 0 saturated carbocycles. The highest BCUT2D eigenvalue weighted by Crippen LogP contribution is 2.22. The van der Waals surface area contributed by atoms with E-state index in [0.29, 0.717) is 16.6 Å². The van der Waals surface area contributed by atoms with E-state index in [1.165, 1.54) is 25.3 Å². The number of rotatable bonds is 3. The quantitative estimate of drug-likeness (QED) is 0.855. The van der Waals surface area contributed by atoms with E-state index in [2.05, 4.69) is 10.3 Å². The van der Waals surface area contributed by atoms with Crippen molar-refractivity contribution in [3.8, 4) is 0 Å². The molecular formula is C12H11FN2O2. The zero-order valence-corrected chi connectivity index (χ0v) is 9.14. The lowest BCUT2D eigenvalue weighted by Gasteiger charge is -2.12. The third-order valence-corrected chi connectivity index (χ3v) is 2.45. The topological polar surface area (TPSA) is 62.2 Å². The minimum atomic E-state index is -0.947. The number of aliphatic carboxylic acids is 1. The van der Waals surface area contributed by atoms with Crippen LogP contribution in [0.4, 0.5) is 10.1 Å². The molecule has 0 bridgehead atoms. The maximum atomic E-state index is 13.0. The first-order valence-corrected chi connectivity index (χ1v) is 5.11. The third-order valence-electron chi connectivity index (χ3n) is 2.45. The highest BCUT2D eigenvalue weighted by atomic mass is 19.1. The smallest absolute Gasteiger partial charge is 0.325 e. The van der Waals surface area contributed by atoms with Gasteiger partial charge in [-0.3, -0.25) is 9.78 Å². The summed E-state index contributed by atoms with van der Waals surface area (Å²) < 4.78 is 13.0. The van der Waals surface area contributed by atoms with E-state index in [-0.39, 0.29) is 5.82 Å². The minimum absolute atomic E-state index is 0.367. The molecule has 4 nitrogen and oxygen atoms in total. The minimum Gasteiger partial charge on any atom is -0.480 e. The van der Waals surface area contributed by atoms with Crippen molar-refractivity contribution >= 4 is 22.6 Å². The number of carboxylic acids is 1. The number of halogens is 1. The molecule has 0 amide bonds. The summed E-state index contributed by atoms with van der Waals surface area (Å²) in [6.07, 6.45) is 1.51. The molecule has 0 radical (unpaired) electrons. The van der Waals surface area contributed by atoms with E-state index in [4.69, 9.17) is 5.11 Å². The molecule has 1 unspecified atom stereocenters. The van der Waals surface area contributed by atoms with E-state index in [1.807, 2.05) is 0 Å². The lowest BCUT2D eigenvalue weighted by molar-refractivity contribution is -0.137. The molecule has 0 fully saturated rings. The van der Waals surface area contributed by atoms with Gasteiger partial charge >= 0.3 is 5.97 Å². The van der Waals surface area contributed by atoms with Crippen LogP contribution >= 0.6 is 0 Å². The SMILES string of the molecule is CC(Nc1ccnc2cc(F)ccc12)C(=O)O. The number of benzene rings is 1. The summed E-state index contributed by atoms with van der Waals surface area (Å²) in [6, 6.07) is 5.16. The number of carboxylic acid groups (broad SMARTS) is 1. The highest BCUT2D eigenvalue weighted by Gasteiger charge is 2.12. The van der Waals surface area contributed by atoms with E-state index in [1.54, 1.807) is 12.1 Å². The second-order valence-corrected chi connectivity index (χ2v) is 3.72. The Balaban J connectivity index is 2.44. The summed E-state index contributed by atoms with van der Waals surface area (Å²) in [6.45, 7) is 1.54. The number of pyridine rings is 1. The van der Waals surface area contributed by atoms with Gasteiger partial charge in [0.2, 0.25) is 0 Å². The van der Waals surface area contributed by atoms with Crippen LogP contribution in [0.15, 0.2) is 30.5 Å². The predicted molar refractivity (Wildman–Crippen MR) is 62.4 cm³/mol. The maximum absolute atomic E-state index is 13.0. The largest absolute Gasteiger partial charge is 0.480 e. The van der Waals surface area contributed by atoms with Crippen LogP contribution in [0.25, 0.3) is 10.9 Å². The number of anilines is 1. The molecule has 0 aliphatic heterocycles. The Kier molecular flexibility index (Phi) is 2.91. The van der Waals surface area contributed by atoms with Crippen LogP contribution in [-0.4, -0.2) is 22.1 Å². The Morgan fingerprint density at radius 3 is 2.94 bits per heavy atom. The van der Waals surface area contributed by atoms with Gasteiger partial charge in [0.05, 0.1) is 5.52 Å². The molecule has 1 atom stereocenters. The standard InChI is InChI=1S/C12H11FN2O2/c1-7(12(16)17)15-10-4-5-14-11-6-8(13)2-3-9(10)11/h2-7H,1H3,(H,14,15)(H,16,17). The van der Waals surface area contributed by atoms with Gasteiger partial charge in [-0.05, 0) is 25.1 Å². The van der Waals surface area contributed by atoms with Crippen LogP contribution < -0.4 is 5.32 Å².